The molecule has 0 radical (unpaired) electrons. The Morgan fingerprint density at radius 3 is 2.55 bits per heavy atom. The first-order valence-corrected chi connectivity index (χ1v) is 6.93. The predicted octanol–water partition coefficient (Wildman–Crippen LogP) is 3.13. The number of carboxylic acids is 1. The van der Waals surface area contributed by atoms with Crippen LogP contribution in [0.3, 0.4) is 0 Å². The van der Waals surface area contributed by atoms with Gasteiger partial charge in [0.2, 0.25) is 0 Å². The van der Waals surface area contributed by atoms with Crippen molar-refractivity contribution in [2.45, 2.75) is 27.2 Å². The van der Waals surface area contributed by atoms with E-state index in [2.05, 4.69) is 32.7 Å². The van der Waals surface area contributed by atoms with Crippen LogP contribution in [0.5, 0.6) is 5.75 Å². The van der Waals surface area contributed by atoms with Crippen LogP contribution < -0.4 is 4.74 Å². The van der Waals surface area contributed by atoms with Crippen molar-refractivity contribution in [3.05, 3.63) is 29.8 Å². The van der Waals surface area contributed by atoms with Crippen molar-refractivity contribution in [3.8, 4) is 5.75 Å². The number of hydrogen-bond acceptors (Lipinski definition) is 3. The topological polar surface area (TPSA) is 49.8 Å². The molecule has 0 fully saturated rings. The van der Waals surface area contributed by atoms with Crippen molar-refractivity contribution in [3.63, 3.8) is 0 Å². The Bertz CT molecular complexity index is 438. The van der Waals surface area contributed by atoms with E-state index in [4.69, 9.17) is 9.84 Å². The van der Waals surface area contributed by atoms with Gasteiger partial charge in [0, 0.05) is 13.1 Å². The van der Waals surface area contributed by atoms with Crippen molar-refractivity contribution < 1.29 is 14.6 Å². The van der Waals surface area contributed by atoms with E-state index in [1.165, 1.54) is 0 Å². The average Bonchev–Trinajstić information content (AvgIpc) is 2.33. The van der Waals surface area contributed by atoms with Crippen LogP contribution in [0.4, 0.5) is 0 Å². The van der Waals surface area contributed by atoms with E-state index < -0.39 is 5.97 Å². The van der Waals surface area contributed by atoms with Gasteiger partial charge in [0.05, 0.1) is 6.61 Å². The molecule has 1 aromatic carbocycles. The normalized spacial score (nSPS) is 11.7. The summed E-state index contributed by atoms with van der Waals surface area (Å²) in [7, 11) is 2.09. The highest BCUT2D eigenvalue weighted by Gasteiger charge is 2.13. The largest absolute Gasteiger partial charge is 0.493 e. The van der Waals surface area contributed by atoms with E-state index in [-0.39, 0.29) is 11.0 Å². The highest BCUT2D eigenvalue weighted by atomic mass is 16.5. The second-order valence-electron chi connectivity index (χ2n) is 6.30. The quantitative estimate of drug-likeness (QED) is 0.779. The molecule has 112 valence electrons. The number of rotatable bonds is 7. The summed E-state index contributed by atoms with van der Waals surface area (Å²) >= 11 is 0. The van der Waals surface area contributed by atoms with Crippen LogP contribution in [0.25, 0.3) is 0 Å². The molecule has 1 aromatic rings. The van der Waals surface area contributed by atoms with Gasteiger partial charge >= 0.3 is 5.97 Å². The fourth-order valence-electron chi connectivity index (χ4n) is 2.17. The van der Waals surface area contributed by atoms with Crippen molar-refractivity contribution >= 4 is 5.97 Å². The van der Waals surface area contributed by atoms with Crippen LogP contribution in [0, 0.1) is 5.41 Å². The molecular formula is C16H25NO3. The molecular weight excluding hydrogens is 254 g/mol. The van der Waals surface area contributed by atoms with Crippen molar-refractivity contribution in [2.75, 3.05) is 26.7 Å². The van der Waals surface area contributed by atoms with Crippen LogP contribution >= 0.6 is 0 Å². The molecule has 0 aliphatic carbocycles. The van der Waals surface area contributed by atoms with Crippen molar-refractivity contribution in [1.82, 2.24) is 4.90 Å². The summed E-state index contributed by atoms with van der Waals surface area (Å²) in [5, 5.41) is 9.05. The van der Waals surface area contributed by atoms with Gasteiger partial charge in [0.1, 0.15) is 11.3 Å². The zero-order valence-electron chi connectivity index (χ0n) is 12.8. The Labute approximate surface area is 121 Å². The van der Waals surface area contributed by atoms with Crippen molar-refractivity contribution in [1.29, 1.82) is 0 Å². The highest BCUT2D eigenvalue weighted by molar-refractivity contribution is 5.90. The third-order valence-electron chi connectivity index (χ3n) is 2.80. The van der Waals surface area contributed by atoms with E-state index in [1.807, 2.05) is 0 Å². The number of benzene rings is 1. The number of para-hydroxylation sites is 1. The Kier molecular flexibility index (Phi) is 6.02. The SMILES string of the molecule is CN(CCCOc1ccccc1C(=O)O)CC(C)(C)C. The van der Waals surface area contributed by atoms with Gasteiger partial charge in [0.15, 0.2) is 0 Å². The van der Waals surface area contributed by atoms with E-state index in [0.717, 1.165) is 19.5 Å². The summed E-state index contributed by atoms with van der Waals surface area (Å²) < 4.78 is 5.57. The summed E-state index contributed by atoms with van der Waals surface area (Å²) in [4.78, 5) is 13.3. The van der Waals surface area contributed by atoms with Gasteiger partial charge in [-0.25, -0.2) is 4.79 Å². The second kappa shape index (κ2) is 7.29. The van der Waals surface area contributed by atoms with Gasteiger partial charge in [-0.1, -0.05) is 32.9 Å². The number of carboxylic acid groups (broad SMARTS) is 1. The van der Waals surface area contributed by atoms with Gasteiger partial charge in [-0.15, -0.1) is 0 Å². The molecule has 0 heterocycles. The maximum Gasteiger partial charge on any atom is 0.339 e. The lowest BCUT2D eigenvalue weighted by atomic mass is 9.96. The van der Waals surface area contributed by atoms with Crippen LogP contribution in [-0.2, 0) is 0 Å². The fourth-order valence-corrected chi connectivity index (χ4v) is 2.17. The van der Waals surface area contributed by atoms with E-state index in [9.17, 15) is 4.79 Å². The summed E-state index contributed by atoms with van der Waals surface area (Å²) in [5.74, 6) is -0.510. The minimum atomic E-state index is -0.953. The van der Waals surface area contributed by atoms with E-state index in [0.29, 0.717) is 12.4 Å². The maximum atomic E-state index is 11.0. The minimum absolute atomic E-state index is 0.218. The summed E-state index contributed by atoms with van der Waals surface area (Å²) in [6.45, 7) is 9.12. The molecule has 0 saturated heterocycles. The Morgan fingerprint density at radius 2 is 1.95 bits per heavy atom. The van der Waals surface area contributed by atoms with Crippen LogP contribution in [-0.4, -0.2) is 42.7 Å². The smallest absolute Gasteiger partial charge is 0.339 e. The molecule has 4 nitrogen and oxygen atoms in total. The summed E-state index contributed by atoms with van der Waals surface area (Å²) in [6.07, 6.45) is 0.876. The Morgan fingerprint density at radius 1 is 1.30 bits per heavy atom. The number of nitrogens with zero attached hydrogens (tertiary/aromatic N) is 1. The molecule has 20 heavy (non-hydrogen) atoms. The molecule has 0 amide bonds. The van der Waals surface area contributed by atoms with Gasteiger partial charge in [-0.2, -0.15) is 0 Å². The molecule has 0 unspecified atom stereocenters. The lowest BCUT2D eigenvalue weighted by Gasteiger charge is -2.26. The lowest BCUT2D eigenvalue weighted by molar-refractivity contribution is 0.0692. The molecule has 0 aliphatic heterocycles. The van der Waals surface area contributed by atoms with E-state index >= 15 is 0 Å². The zero-order valence-corrected chi connectivity index (χ0v) is 12.8. The van der Waals surface area contributed by atoms with Gasteiger partial charge in [-0.05, 0) is 31.0 Å². The average molecular weight is 279 g/mol. The number of carbonyl (C=O) groups is 1. The molecule has 1 rings (SSSR count). The zero-order chi connectivity index (χ0) is 15.2. The molecule has 0 bridgehead atoms. The van der Waals surface area contributed by atoms with Crippen LogP contribution in [0.15, 0.2) is 24.3 Å². The predicted molar refractivity (Wildman–Crippen MR) is 80.5 cm³/mol. The lowest BCUT2D eigenvalue weighted by Crippen LogP contribution is -2.30. The van der Waals surface area contributed by atoms with Crippen LogP contribution in [0.2, 0.25) is 0 Å². The van der Waals surface area contributed by atoms with Gasteiger partial charge < -0.3 is 14.7 Å². The van der Waals surface area contributed by atoms with Crippen LogP contribution in [0.1, 0.15) is 37.6 Å². The number of ether oxygens (including phenoxy) is 1. The van der Waals surface area contributed by atoms with Crippen molar-refractivity contribution in [2.24, 2.45) is 5.41 Å². The third-order valence-corrected chi connectivity index (χ3v) is 2.80. The Hall–Kier alpha value is -1.55. The molecule has 0 atom stereocenters. The Balaban J connectivity index is 2.37. The number of hydrogen-bond donors (Lipinski definition) is 1. The van der Waals surface area contributed by atoms with Gasteiger partial charge in [0.25, 0.3) is 0 Å². The molecule has 0 spiro atoms. The molecule has 4 heteroatoms. The minimum Gasteiger partial charge on any atom is -0.493 e. The fraction of sp³-hybridized carbons (Fsp3) is 0.562. The first kappa shape index (κ1) is 16.5. The molecule has 0 saturated carbocycles. The number of aromatic carboxylic acids is 1. The molecule has 0 aliphatic rings. The maximum absolute atomic E-state index is 11.0. The van der Waals surface area contributed by atoms with E-state index in [1.54, 1.807) is 24.3 Å². The third kappa shape index (κ3) is 6.06. The standard InChI is InChI=1S/C16H25NO3/c1-16(2,3)12-17(4)10-7-11-20-14-9-6-5-8-13(14)15(18)19/h5-6,8-9H,7,10-12H2,1-4H3,(H,18,19). The molecule has 1 N–H and O–H groups in total. The molecule has 0 aromatic heterocycles. The first-order valence-electron chi connectivity index (χ1n) is 6.93. The summed E-state index contributed by atoms with van der Waals surface area (Å²) in [5.41, 5.74) is 0.501. The second-order valence-corrected chi connectivity index (χ2v) is 6.30. The monoisotopic (exact) mass is 279 g/mol. The van der Waals surface area contributed by atoms with Gasteiger partial charge in [-0.3, -0.25) is 0 Å². The first-order chi connectivity index (χ1) is 9.29. The summed E-state index contributed by atoms with van der Waals surface area (Å²) in [6, 6.07) is 6.74. The highest BCUT2D eigenvalue weighted by Crippen LogP contribution is 2.18.